The van der Waals surface area contributed by atoms with Gasteiger partial charge in [0.05, 0.1) is 0 Å². The smallest absolute Gasteiger partial charge is 0.142 e. The topological polar surface area (TPSA) is 34.1 Å². The number of fused-ring (bicyclic) bond motifs is 3. The lowest BCUT2D eigenvalue weighted by Gasteiger charge is -2.22. The molecule has 0 saturated heterocycles. The Morgan fingerprint density at radius 3 is 1.57 bits per heavy atom. The van der Waals surface area contributed by atoms with E-state index in [0.29, 0.717) is 0 Å². The third-order valence-corrected chi connectivity index (χ3v) is 4.46. The summed E-state index contributed by atoms with van der Waals surface area (Å²) in [6.45, 7) is 4.41. The normalized spacial score (nSPS) is 14.9. The van der Waals surface area contributed by atoms with Gasteiger partial charge in [0.15, 0.2) is 0 Å². The van der Waals surface area contributed by atoms with E-state index in [0.717, 1.165) is 23.7 Å². The maximum absolute atomic E-state index is 10.5. The van der Waals surface area contributed by atoms with E-state index in [1.54, 1.807) is 0 Å². The maximum Gasteiger partial charge on any atom is 0.142 e. The Hall–Kier alpha value is -2.74. The molecular weight excluding hydrogens is 284 g/mol. The Balaban J connectivity index is 2.13. The number of carbonyl (C=O) groups excluding carboxylic acids is 2. The summed E-state index contributed by atoms with van der Waals surface area (Å²) in [6.07, 6.45) is 8.25. The first kappa shape index (κ1) is 15.2. The minimum Gasteiger partial charge on any atom is -0.299 e. The zero-order chi connectivity index (χ0) is 16.4. The summed E-state index contributed by atoms with van der Waals surface area (Å²) in [5, 5.41) is 0. The van der Waals surface area contributed by atoms with E-state index in [-0.39, 0.29) is 5.41 Å². The molecule has 0 unspecified atom stereocenters. The average molecular weight is 302 g/mol. The van der Waals surface area contributed by atoms with Crippen molar-refractivity contribution in [3.63, 3.8) is 0 Å². The van der Waals surface area contributed by atoms with Gasteiger partial charge in [-0.3, -0.25) is 9.59 Å². The quantitative estimate of drug-likeness (QED) is 0.619. The third kappa shape index (κ3) is 2.57. The molecule has 23 heavy (non-hydrogen) atoms. The molecule has 114 valence electrons. The summed E-state index contributed by atoms with van der Waals surface area (Å²) in [5.74, 6) is 0. The highest BCUT2D eigenvalue weighted by Gasteiger charge is 2.35. The van der Waals surface area contributed by atoms with Crippen LogP contribution in [0, 0.1) is 0 Å². The van der Waals surface area contributed by atoms with Gasteiger partial charge in [-0.15, -0.1) is 0 Å². The van der Waals surface area contributed by atoms with Crippen LogP contribution in [0.15, 0.2) is 48.6 Å². The van der Waals surface area contributed by atoms with Gasteiger partial charge in [0.2, 0.25) is 0 Å². The van der Waals surface area contributed by atoms with E-state index >= 15 is 0 Å². The lowest BCUT2D eigenvalue weighted by atomic mass is 9.81. The highest BCUT2D eigenvalue weighted by Crippen LogP contribution is 2.49. The molecule has 0 heterocycles. The van der Waals surface area contributed by atoms with E-state index in [1.807, 2.05) is 24.3 Å². The van der Waals surface area contributed by atoms with E-state index in [9.17, 15) is 9.59 Å². The molecular formula is C21H18O2. The molecule has 0 spiro atoms. The summed E-state index contributed by atoms with van der Waals surface area (Å²) in [5.41, 5.74) is 6.93. The summed E-state index contributed by atoms with van der Waals surface area (Å²) < 4.78 is 0. The summed E-state index contributed by atoms with van der Waals surface area (Å²) in [6, 6.07) is 12.6. The fourth-order valence-corrected chi connectivity index (χ4v) is 3.28. The molecule has 0 saturated carbocycles. The van der Waals surface area contributed by atoms with E-state index in [2.05, 4.69) is 38.1 Å². The maximum atomic E-state index is 10.5. The molecule has 0 aromatic heterocycles. The van der Waals surface area contributed by atoms with Gasteiger partial charge in [-0.25, -0.2) is 0 Å². The van der Waals surface area contributed by atoms with Gasteiger partial charge in [0, 0.05) is 5.41 Å². The van der Waals surface area contributed by atoms with Crippen molar-refractivity contribution < 1.29 is 9.59 Å². The standard InChI is InChI=1S/C21H18O2/c1-21(2)19-13-15(5-3-11-22)7-9-17(19)18-10-8-16(6-4-12-23)14-20(18)21/h3-14H,1-2H3/b5-3+,6-4+. The lowest BCUT2D eigenvalue weighted by Crippen LogP contribution is -2.15. The Kier molecular flexibility index (Phi) is 3.83. The molecule has 2 heteroatoms. The van der Waals surface area contributed by atoms with Gasteiger partial charge in [-0.1, -0.05) is 62.4 Å². The van der Waals surface area contributed by atoms with Crippen molar-refractivity contribution in [3.05, 3.63) is 70.8 Å². The average Bonchev–Trinajstić information content (AvgIpc) is 2.78. The highest BCUT2D eigenvalue weighted by atomic mass is 16.1. The lowest BCUT2D eigenvalue weighted by molar-refractivity contribution is -0.104. The van der Waals surface area contributed by atoms with E-state index < -0.39 is 0 Å². The fraction of sp³-hybridized carbons (Fsp3) is 0.143. The zero-order valence-corrected chi connectivity index (χ0v) is 13.2. The first-order valence-corrected chi connectivity index (χ1v) is 7.61. The van der Waals surface area contributed by atoms with Gasteiger partial charge >= 0.3 is 0 Å². The number of hydrogen-bond acceptors (Lipinski definition) is 2. The minimum absolute atomic E-state index is 0.110. The predicted molar refractivity (Wildman–Crippen MR) is 94.2 cm³/mol. The van der Waals surface area contributed by atoms with Crippen LogP contribution in [-0.4, -0.2) is 12.6 Å². The van der Waals surface area contributed by atoms with Crippen LogP contribution < -0.4 is 0 Å². The van der Waals surface area contributed by atoms with Crippen molar-refractivity contribution in [3.8, 4) is 11.1 Å². The number of rotatable bonds is 4. The summed E-state index contributed by atoms with van der Waals surface area (Å²) in [7, 11) is 0. The van der Waals surface area contributed by atoms with Gasteiger partial charge in [-0.2, -0.15) is 0 Å². The number of hydrogen-bond donors (Lipinski definition) is 0. The molecule has 0 N–H and O–H groups in total. The molecule has 1 aliphatic rings. The molecule has 0 radical (unpaired) electrons. The molecule has 2 aromatic rings. The summed E-state index contributed by atoms with van der Waals surface area (Å²) >= 11 is 0. The Bertz CT molecular complexity index is 769. The van der Waals surface area contributed by atoms with Crippen molar-refractivity contribution in [2.24, 2.45) is 0 Å². The molecule has 0 atom stereocenters. The molecule has 1 aliphatic carbocycles. The molecule has 3 rings (SSSR count). The largest absolute Gasteiger partial charge is 0.299 e. The molecule has 0 aliphatic heterocycles. The van der Waals surface area contributed by atoms with E-state index in [1.165, 1.54) is 34.4 Å². The SMILES string of the molecule is CC1(C)c2cc(/C=C/C=O)ccc2-c2ccc(/C=C/C=O)cc21. The molecule has 0 bridgehead atoms. The second-order valence-corrected chi connectivity index (χ2v) is 6.23. The number of carbonyl (C=O) groups is 2. The van der Waals surface area contributed by atoms with Crippen molar-refractivity contribution in [2.45, 2.75) is 19.3 Å². The van der Waals surface area contributed by atoms with Crippen LogP contribution in [0.4, 0.5) is 0 Å². The van der Waals surface area contributed by atoms with Crippen molar-refractivity contribution in [1.82, 2.24) is 0 Å². The molecule has 0 fully saturated rings. The Morgan fingerprint density at radius 1 is 0.739 bits per heavy atom. The monoisotopic (exact) mass is 302 g/mol. The molecule has 2 nitrogen and oxygen atoms in total. The highest BCUT2D eigenvalue weighted by molar-refractivity contribution is 5.84. The van der Waals surface area contributed by atoms with Crippen LogP contribution in [0.5, 0.6) is 0 Å². The van der Waals surface area contributed by atoms with Crippen molar-refractivity contribution in [1.29, 1.82) is 0 Å². The fourth-order valence-electron chi connectivity index (χ4n) is 3.28. The van der Waals surface area contributed by atoms with Gasteiger partial charge in [0.1, 0.15) is 12.6 Å². The van der Waals surface area contributed by atoms with Crippen LogP contribution in [0.25, 0.3) is 23.3 Å². The number of aldehydes is 2. The Morgan fingerprint density at radius 2 is 1.17 bits per heavy atom. The van der Waals surface area contributed by atoms with Crippen molar-refractivity contribution >= 4 is 24.7 Å². The van der Waals surface area contributed by atoms with Crippen LogP contribution in [0.1, 0.15) is 36.1 Å². The predicted octanol–water partition coefficient (Wildman–Crippen LogP) is 4.42. The van der Waals surface area contributed by atoms with Crippen LogP contribution in [-0.2, 0) is 15.0 Å². The van der Waals surface area contributed by atoms with Gasteiger partial charge in [0.25, 0.3) is 0 Å². The Labute approximate surface area is 136 Å². The van der Waals surface area contributed by atoms with E-state index in [4.69, 9.17) is 0 Å². The number of allylic oxidation sites excluding steroid dienone is 2. The van der Waals surface area contributed by atoms with Gasteiger partial charge in [-0.05, 0) is 45.5 Å². The zero-order valence-electron chi connectivity index (χ0n) is 13.2. The second-order valence-electron chi connectivity index (χ2n) is 6.23. The first-order valence-electron chi connectivity index (χ1n) is 7.61. The van der Waals surface area contributed by atoms with Crippen LogP contribution in [0.2, 0.25) is 0 Å². The number of benzene rings is 2. The molecule has 0 amide bonds. The minimum atomic E-state index is -0.110. The van der Waals surface area contributed by atoms with Crippen LogP contribution in [0.3, 0.4) is 0 Å². The second kappa shape index (κ2) is 5.81. The first-order chi connectivity index (χ1) is 11.1. The van der Waals surface area contributed by atoms with Crippen LogP contribution >= 0.6 is 0 Å². The third-order valence-electron chi connectivity index (χ3n) is 4.46. The van der Waals surface area contributed by atoms with Gasteiger partial charge < -0.3 is 0 Å². The molecule has 2 aromatic carbocycles. The summed E-state index contributed by atoms with van der Waals surface area (Å²) in [4.78, 5) is 21.0. The van der Waals surface area contributed by atoms with Crippen molar-refractivity contribution in [2.75, 3.05) is 0 Å².